The number of carboxylic acid groups (broad SMARTS) is 1. The Morgan fingerprint density at radius 1 is 1.42 bits per heavy atom. The number of carbonyl (C=O) groups is 2. The molecule has 1 aromatic rings. The Kier molecular flexibility index (Phi) is 6.51. The molecule has 1 amide bonds. The van der Waals surface area contributed by atoms with Gasteiger partial charge in [-0.1, -0.05) is 13.8 Å². The molecule has 0 aliphatic rings. The van der Waals surface area contributed by atoms with Gasteiger partial charge >= 0.3 is 5.97 Å². The molecule has 0 bridgehead atoms. The quantitative estimate of drug-likeness (QED) is 0.794. The van der Waals surface area contributed by atoms with E-state index < -0.39 is 5.97 Å². The molecule has 1 heterocycles. The van der Waals surface area contributed by atoms with Crippen LogP contribution in [0.25, 0.3) is 0 Å². The minimum atomic E-state index is -0.821. The molecule has 0 aromatic carbocycles. The molecule has 0 fully saturated rings. The lowest BCUT2D eigenvalue weighted by Gasteiger charge is -2.17. The van der Waals surface area contributed by atoms with E-state index in [1.54, 1.807) is 6.07 Å². The highest BCUT2D eigenvalue weighted by Crippen LogP contribution is 2.22. The minimum Gasteiger partial charge on any atom is -0.481 e. The number of hydrogen-bond acceptors (Lipinski definition) is 3. The van der Waals surface area contributed by atoms with Gasteiger partial charge in [-0.3, -0.25) is 9.59 Å². The number of amides is 1. The second kappa shape index (κ2) is 7.65. The van der Waals surface area contributed by atoms with Crippen molar-refractivity contribution < 1.29 is 14.7 Å². The molecule has 0 aliphatic heterocycles. The van der Waals surface area contributed by atoms with Crippen LogP contribution in [0.15, 0.2) is 15.9 Å². The molecule has 0 radical (unpaired) electrons. The molecule has 0 saturated heterocycles. The van der Waals surface area contributed by atoms with Gasteiger partial charge in [0, 0.05) is 13.0 Å². The Morgan fingerprint density at radius 3 is 2.58 bits per heavy atom. The Bertz CT molecular complexity index is 445. The molecular weight excluding hydrogens is 330 g/mol. The Morgan fingerprint density at radius 2 is 2.11 bits per heavy atom. The van der Waals surface area contributed by atoms with E-state index in [1.807, 2.05) is 19.9 Å². The Hall–Kier alpha value is -0.880. The van der Waals surface area contributed by atoms with Gasteiger partial charge in [-0.2, -0.15) is 0 Å². The highest BCUT2D eigenvalue weighted by molar-refractivity contribution is 9.11. The summed E-state index contributed by atoms with van der Waals surface area (Å²) in [6.45, 7) is 4.50. The van der Waals surface area contributed by atoms with Crippen molar-refractivity contribution >= 4 is 39.1 Å². The van der Waals surface area contributed by atoms with E-state index in [0.29, 0.717) is 17.3 Å². The van der Waals surface area contributed by atoms with Gasteiger partial charge < -0.3 is 10.4 Å². The van der Waals surface area contributed by atoms with Crippen LogP contribution in [0.3, 0.4) is 0 Å². The topological polar surface area (TPSA) is 66.4 Å². The number of carbonyl (C=O) groups excluding carboxylic acids is 1. The number of halogens is 1. The molecule has 1 unspecified atom stereocenters. The minimum absolute atomic E-state index is 0.0233. The van der Waals surface area contributed by atoms with Crippen LogP contribution in [-0.4, -0.2) is 23.5 Å². The molecule has 0 aliphatic carbocycles. The van der Waals surface area contributed by atoms with Crippen LogP contribution >= 0.6 is 27.3 Å². The third-order valence-electron chi connectivity index (χ3n) is 2.62. The number of aliphatic carboxylic acids is 1. The zero-order valence-electron chi connectivity index (χ0n) is 11.0. The zero-order valence-corrected chi connectivity index (χ0v) is 13.4. The number of rotatable bonds is 7. The SMILES string of the molecule is CC(C)CC(CNC(=O)c1ccc(Br)s1)CC(=O)O. The Balaban J connectivity index is 2.50. The van der Waals surface area contributed by atoms with Crippen LogP contribution in [-0.2, 0) is 4.79 Å². The second-order valence-electron chi connectivity index (χ2n) is 4.91. The van der Waals surface area contributed by atoms with Crippen LogP contribution in [0, 0.1) is 11.8 Å². The lowest BCUT2D eigenvalue weighted by Crippen LogP contribution is -2.30. The van der Waals surface area contributed by atoms with E-state index >= 15 is 0 Å². The molecule has 1 rings (SSSR count). The smallest absolute Gasteiger partial charge is 0.303 e. The standard InChI is InChI=1S/C13H18BrNO3S/c1-8(2)5-9(6-12(16)17)7-15-13(18)10-3-4-11(14)19-10/h3-4,8-9H,5-7H2,1-2H3,(H,15,18)(H,16,17). The fourth-order valence-electron chi connectivity index (χ4n) is 1.91. The van der Waals surface area contributed by atoms with Crippen LogP contribution in [0.1, 0.15) is 36.4 Å². The monoisotopic (exact) mass is 347 g/mol. The number of carboxylic acids is 1. The van der Waals surface area contributed by atoms with Crippen molar-refractivity contribution in [3.63, 3.8) is 0 Å². The summed E-state index contributed by atoms with van der Waals surface area (Å²) in [4.78, 5) is 23.3. The van der Waals surface area contributed by atoms with Crippen LogP contribution in [0.2, 0.25) is 0 Å². The summed E-state index contributed by atoms with van der Waals surface area (Å²) in [7, 11) is 0. The van der Waals surface area contributed by atoms with Crippen molar-refractivity contribution in [2.45, 2.75) is 26.7 Å². The Labute approximate surface area is 125 Å². The molecule has 1 aromatic heterocycles. The van der Waals surface area contributed by atoms with Crippen molar-refractivity contribution in [1.82, 2.24) is 5.32 Å². The van der Waals surface area contributed by atoms with Crippen molar-refractivity contribution in [2.24, 2.45) is 11.8 Å². The van der Waals surface area contributed by atoms with E-state index in [4.69, 9.17) is 5.11 Å². The molecule has 0 spiro atoms. The fraction of sp³-hybridized carbons (Fsp3) is 0.538. The van der Waals surface area contributed by atoms with Gasteiger partial charge in [0.25, 0.3) is 5.91 Å². The third kappa shape index (κ3) is 6.20. The van der Waals surface area contributed by atoms with E-state index in [0.717, 1.165) is 10.2 Å². The number of nitrogens with one attached hydrogen (secondary N) is 1. The van der Waals surface area contributed by atoms with E-state index in [2.05, 4.69) is 21.2 Å². The lowest BCUT2D eigenvalue weighted by atomic mass is 9.94. The van der Waals surface area contributed by atoms with Gasteiger partial charge in [-0.05, 0) is 46.3 Å². The van der Waals surface area contributed by atoms with Gasteiger partial charge in [-0.25, -0.2) is 0 Å². The highest BCUT2D eigenvalue weighted by atomic mass is 79.9. The molecule has 0 saturated carbocycles. The van der Waals surface area contributed by atoms with Crippen LogP contribution < -0.4 is 5.32 Å². The third-order valence-corrected chi connectivity index (χ3v) is 4.24. The van der Waals surface area contributed by atoms with Gasteiger partial charge in [0.05, 0.1) is 8.66 Å². The maximum Gasteiger partial charge on any atom is 0.303 e. The molecular formula is C13H18BrNO3S. The average Bonchev–Trinajstić information content (AvgIpc) is 2.71. The first-order valence-corrected chi connectivity index (χ1v) is 7.74. The first-order chi connectivity index (χ1) is 8.88. The van der Waals surface area contributed by atoms with Crippen molar-refractivity contribution in [1.29, 1.82) is 0 Å². The van der Waals surface area contributed by atoms with Gasteiger partial charge in [0.1, 0.15) is 0 Å². The molecule has 1 atom stereocenters. The predicted octanol–water partition coefficient (Wildman–Crippen LogP) is 3.38. The van der Waals surface area contributed by atoms with Gasteiger partial charge in [0.2, 0.25) is 0 Å². The summed E-state index contributed by atoms with van der Waals surface area (Å²) in [6.07, 6.45) is 0.882. The van der Waals surface area contributed by atoms with Crippen LogP contribution in [0.4, 0.5) is 0 Å². The zero-order chi connectivity index (χ0) is 14.4. The van der Waals surface area contributed by atoms with Gasteiger partial charge in [-0.15, -0.1) is 11.3 Å². The maximum absolute atomic E-state index is 11.9. The molecule has 6 heteroatoms. The largest absolute Gasteiger partial charge is 0.481 e. The second-order valence-corrected chi connectivity index (χ2v) is 7.37. The molecule has 19 heavy (non-hydrogen) atoms. The summed E-state index contributed by atoms with van der Waals surface area (Å²) in [5.74, 6) is -0.574. The molecule has 106 valence electrons. The van der Waals surface area contributed by atoms with Crippen molar-refractivity contribution in [3.8, 4) is 0 Å². The van der Waals surface area contributed by atoms with Crippen molar-refractivity contribution in [2.75, 3.05) is 6.54 Å². The lowest BCUT2D eigenvalue weighted by molar-refractivity contribution is -0.138. The number of hydrogen-bond donors (Lipinski definition) is 2. The van der Waals surface area contributed by atoms with Crippen molar-refractivity contribution in [3.05, 3.63) is 20.8 Å². The van der Waals surface area contributed by atoms with Crippen LogP contribution in [0.5, 0.6) is 0 Å². The summed E-state index contributed by atoms with van der Waals surface area (Å²) in [5.41, 5.74) is 0. The molecule has 2 N–H and O–H groups in total. The summed E-state index contributed by atoms with van der Waals surface area (Å²) >= 11 is 4.67. The first-order valence-electron chi connectivity index (χ1n) is 6.13. The highest BCUT2D eigenvalue weighted by Gasteiger charge is 2.17. The predicted molar refractivity (Wildman–Crippen MR) is 79.6 cm³/mol. The molecule has 4 nitrogen and oxygen atoms in total. The van der Waals surface area contributed by atoms with E-state index in [1.165, 1.54) is 11.3 Å². The summed E-state index contributed by atoms with van der Waals surface area (Å²) < 4.78 is 0.905. The average molecular weight is 348 g/mol. The fourth-order valence-corrected chi connectivity index (χ4v) is 3.22. The first kappa shape index (κ1) is 16.2. The normalized spacial score (nSPS) is 12.4. The summed E-state index contributed by atoms with van der Waals surface area (Å²) in [5, 5.41) is 11.7. The maximum atomic E-state index is 11.9. The van der Waals surface area contributed by atoms with Gasteiger partial charge in [0.15, 0.2) is 0 Å². The number of thiophene rings is 1. The van der Waals surface area contributed by atoms with E-state index in [9.17, 15) is 9.59 Å². The summed E-state index contributed by atoms with van der Waals surface area (Å²) in [6, 6.07) is 3.57. The van der Waals surface area contributed by atoms with E-state index in [-0.39, 0.29) is 18.2 Å².